The van der Waals surface area contributed by atoms with E-state index in [0.29, 0.717) is 6.54 Å². The van der Waals surface area contributed by atoms with Gasteiger partial charge in [0, 0.05) is 30.6 Å². The van der Waals surface area contributed by atoms with Gasteiger partial charge in [0.15, 0.2) is 0 Å². The lowest BCUT2D eigenvalue weighted by Crippen LogP contribution is -2.46. The first kappa shape index (κ1) is 16.4. The molecular formula is C11H20ClN3OS. The highest BCUT2D eigenvalue weighted by Gasteiger charge is 2.19. The van der Waals surface area contributed by atoms with E-state index >= 15 is 0 Å². The van der Waals surface area contributed by atoms with Crippen LogP contribution >= 0.6 is 23.7 Å². The maximum absolute atomic E-state index is 11.8. The third-order valence-corrected chi connectivity index (χ3v) is 3.19. The van der Waals surface area contributed by atoms with Gasteiger partial charge in [-0.05, 0) is 20.8 Å². The fourth-order valence-electron chi connectivity index (χ4n) is 1.48. The number of amides is 1. The van der Waals surface area contributed by atoms with Crippen molar-refractivity contribution in [2.75, 3.05) is 6.54 Å². The number of halogens is 1. The molecular weight excluding hydrogens is 258 g/mol. The van der Waals surface area contributed by atoms with Crippen molar-refractivity contribution in [2.24, 2.45) is 5.73 Å². The van der Waals surface area contributed by atoms with E-state index in [9.17, 15) is 4.79 Å². The van der Waals surface area contributed by atoms with Gasteiger partial charge in [-0.2, -0.15) is 0 Å². The van der Waals surface area contributed by atoms with Crippen molar-refractivity contribution in [3.8, 4) is 0 Å². The molecule has 98 valence electrons. The zero-order valence-corrected chi connectivity index (χ0v) is 12.1. The van der Waals surface area contributed by atoms with Crippen LogP contribution in [0.3, 0.4) is 0 Å². The molecule has 2 N–H and O–H groups in total. The highest BCUT2D eigenvalue weighted by molar-refractivity contribution is 7.09. The Hall–Kier alpha value is -0.650. The zero-order chi connectivity index (χ0) is 12.1. The summed E-state index contributed by atoms with van der Waals surface area (Å²) in [6.45, 7) is 6.41. The molecule has 1 heterocycles. The Balaban J connectivity index is 0.00000256. The lowest BCUT2D eigenvalue weighted by atomic mass is 10.2. The summed E-state index contributed by atoms with van der Waals surface area (Å²) < 4.78 is 0. The highest BCUT2D eigenvalue weighted by atomic mass is 35.5. The molecule has 0 aliphatic rings. The van der Waals surface area contributed by atoms with Gasteiger partial charge in [0.05, 0.1) is 11.0 Å². The Morgan fingerprint density at radius 3 is 2.59 bits per heavy atom. The first-order valence-electron chi connectivity index (χ1n) is 5.46. The molecule has 0 saturated carbocycles. The summed E-state index contributed by atoms with van der Waals surface area (Å²) in [6, 6.07) is -0.253. The third kappa shape index (κ3) is 5.02. The predicted molar refractivity (Wildman–Crippen MR) is 73.6 cm³/mol. The molecule has 6 heteroatoms. The van der Waals surface area contributed by atoms with E-state index in [2.05, 4.69) is 4.98 Å². The Bertz CT molecular complexity index is 327. The second-order valence-electron chi connectivity index (χ2n) is 4.09. The Labute approximate surface area is 113 Å². The van der Waals surface area contributed by atoms with Crippen LogP contribution in [0.4, 0.5) is 0 Å². The van der Waals surface area contributed by atoms with Crippen LogP contribution in [0, 0.1) is 0 Å². The topological polar surface area (TPSA) is 59.2 Å². The van der Waals surface area contributed by atoms with Crippen molar-refractivity contribution < 1.29 is 4.79 Å². The van der Waals surface area contributed by atoms with Gasteiger partial charge in [0.25, 0.3) is 0 Å². The van der Waals surface area contributed by atoms with Crippen LogP contribution in [0.25, 0.3) is 0 Å². The van der Waals surface area contributed by atoms with Crippen LogP contribution < -0.4 is 5.73 Å². The van der Waals surface area contributed by atoms with E-state index in [0.717, 1.165) is 11.4 Å². The summed E-state index contributed by atoms with van der Waals surface area (Å²) in [4.78, 5) is 17.8. The van der Waals surface area contributed by atoms with E-state index in [1.54, 1.807) is 24.5 Å². The molecule has 0 radical (unpaired) electrons. The summed E-state index contributed by atoms with van der Waals surface area (Å²) >= 11 is 1.62. The summed E-state index contributed by atoms with van der Waals surface area (Å²) in [5.41, 5.74) is 5.62. The molecule has 17 heavy (non-hydrogen) atoms. The molecule has 1 aromatic heterocycles. The van der Waals surface area contributed by atoms with Crippen LogP contribution in [0.1, 0.15) is 25.8 Å². The van der Waals surface area contributed by atoms with Gasteiger partial charge in [-0.3, -0.25) is 4.79 Å². The number of aromatic nitrogens is 1. The van der Waals surface area contributed by atoms with E-state index in [-0.39, 0.29) is 24.4 Å². The van der Waals surface area contributed by atoms with Crippen molar-refractivity contribution >= 4 is 29.7 Å². The minimum atomic E-state index is -0.432. The van der Waals surface area contributed by atoms with E-state index in [1.807, 2.05) is 24.1 Å². The lowest BCUT2D eigenvalue weighted by Gasteiger charge is -2.28. The van der Waals surface area contributed by atoms with Crippen molar-refractivity contribution in [2.45, 2.75) is 39.3 Å². The maximum atomic E-state index is 11.8. The van der Waals surface area contributed by atoms with Gasteiger partial charge < -0.3 is 10.6 Å². The monoisotopic (exact) mass is 277 g/mol. The quantitative estimate of drug-likeness (QED) is 0.891. The van der Waals surface area contributed by atoms with Crippen molar-refractivity contribution in [1.29, 1.82) is 0 Å². The zero-order valence-electron chi connectivity index (χ0n) is 10.4. The van der Waals surface area contributed by atoms with E-state index in [1.165, 1.54) is 0 Å². The molecule has 1 atom stereocenters. The number of nitrogens with two attached hydrogens (primary N) is 1. The van der Waals surface area contributed by atoms with Gasteiger partial charge in [0.1, 0.15) is 0 Å². The summed E-state index contributed by atoms with van der Waals surface area (Å²) in [5.74, 6) is 0.00607. The molecule has 0 fully saturated rings. The summed E-state index contributed by atoms with van der Waals surface area (Å²) in [5, 5.41) is 3.01. The molecule has 0 bridgehead atoms. The third-order valence-electron chi connectivity index (χ3n) is 2.35. The van der Waals surface area contributed by atoms with Gasteiger partial charge >= 0.3 is 0 Å². The fourth-order valence-corrected chi connectivity index (χ4v) is 2.09. The number of carbonyl (C=O) groups is 1. The maximum Gasteiger partial charge on any atom is 0.239 e. The van der Waals surface area contributed by atoms with Crippen LogP contribution in [-0.2, 0) is 11.2 Å². The van der Waals surface area contributed by atoms with Crippen molar-refractivity contribution in [3.63, 3.8) is 0 Å². The van der Waals surface area contributed by atoms with E-state index in [4.69, 9.17) is 5.73 Å². The van der Waals surface area contributed by atoms with Gasteiger partial charge in [-0.1, -0.05) is 0 Å². The molecule has 4 nitrogen and oxygen atoms in total. The lowest BCUT2D eigenvalue weighted by molar-refractivity contribution is -0.133. The van der Waals surface area contributed by atoms with Crippen molar-refractivity contribution in [1.82, 2.24) is 9.88 Å². The average molecular weight is 278 g/mol. The molecule has 1 unspecified atom stereocenters. The second-order valence-corrected chi connectivity index (χ2v) is 5.07. The minimum absolute atomic E-state index is 0. The summed E-state index contributed by atoms with van der Waals surface area (Å²) in [6.07, 6.45) is 2.58. The van der Waals surface area contributed by atoms with Gasteiger partial charge in [-0.15, -0.1) is 23.7 Å². The largest absolute Gasteiger partial charge is 0.339 e. The standard InChI is InChI=1S/C11H19N3OS.ClH/c1-8(2)14(11(15)9(3)12)6-4-10-13-5-7-16-10;/h5,7-9H,4,6,12H2,1-3H3;1H. The number of hydrogen-bond acceptors (Lipinski definition) is 4. The normalized spacial score (nSPS) is 12.1. The van der Waals surface area contributed by atoms with Crippen LogP contribution in [0.5, 0.6) is 0 Å². The molecule has 1 amide bonds. The first-order chi connectivity index (χ1) is 7.52. The summed E-state index contributed by atoms with van der Waals surface area (Å²) in [7, 11) is 0. The molecule has 0 spiro atoms. The van der Waals surface area contributed by atoms with Crippen LogP contribution in [0.2, 0.25) is 0 Å². The number of rotatable bonds is 5. The van der Waals surface area contributed by atoms with Gasteiger partial charge in [-0.25, -0.2) is 4.98 Å². The molecule has 0 aliphatic carbocycles. The molecule has 0 aromatic carbocycles. The molecule has 1 rings (SSSR count). The van der Waals surface area contributed by atoms with Gasteiger partial charge in [0.2, 0.25) is 5.91 Å². The first-order valence-corrected chi connectivity index (χ1v) is 6.34. The molecule has 0 saturated heterocycles. The number of hydrogen-bond donors (Lipinski definition) is 1. The Morgan fingerprint density at radius 2 is 2.18 bits per heavy atom. The van der Waals surface area contributed by atoms with Crippen LogP contribution in [-0.4, -0.2) is 34.4 Å². The fraction of sp³-hybridized carbons (Fsp3) is 0.636. The number of thiazole rings is 1. The molecule has 0 aliphatic heterocycles. The Morgan fingerprint density at radius 1 is 1.53 bits per heavy atom. The Kier molecular flexibility index (Phi) is 7.34. The molecule has 1 aromatic rings. The van der Waals surface area contributed by atoms with Crippen LogP contribution in [0.15, 0.2) is 11.6 Å². The number of nitrogens with zero attached hydrogens (tertiary/aromatic N) is 2. The average Bonchev–Trinajstić information content (AvgIpc) is 2.69. The highest BCUT2D eigenvalue weighted by Crippen LogP contribution is 2.08. The SMILES string of the molecule is CC(N)C(=O)N(CCc1nccs1)C(C)C.Cl. The predicted octanol–water partition coefficient (Wildman–Crippen LogP) is 1.69. The second kappa shape index (κ2) is 7.63. The smallest absolute Gasteiger partial charge is 0.239 e. The number of carbonyl (C=O) groups excluding carboxylic acids is 1. The van der Waals surface area contributed by atoms with Crippen molar-refractivity contribution in [3.05, 3.63) is 16.6 Å². The minimum Gasteiger partial charge on any atom is -0.339 e. The van der Waals surface area contributed by atoms with E-state index < -0.39 is 6.04 Å².